The first-order valence-electron chi connectivity index (χ1n) is 7.05. The van der Waals surface area contributed by atoms with Crippen LogP contribution in [0.3, 0.4) is 0 Å². The first kappa shape index (κ1) is 14.2. The molecule has 0 saturated heterocycles. The monoisotopic (exact) mass is 341 g/mol. The molecular formula is C17H12ClN3OS. The molecule has 0 saturated carbocycles. The molecule has 0 spiro atoms. The van der Waals surface area contributed by atoms with Crippen LogP contribution in [0.15, 0.2) is 53.6 Å². The quantitative estimate of drug-likeness (QED) is 0.591. The maximum absolute atomic E-state index is 12.9. The van der Waals surface area contributed by atoms with Crippen molar-refractivity contribution in [2.75, 3.05) is 12.4 Å². The van der Waals surface area contributed by atoms with Gasteiger partial charge in [-0.25, -0.2) is 4.98 Å². The van der Waals surface area contributed by atoms with Gasteiger partial charge in [0.05, 0.1) is 11.2 Å². The molecule has 0 fully saturated rings. The number of fused-ring (bicyclic) bond motifs is 3. The number of aromatic nitrogens is 2. The van der Waals surface area contributed by atoms with Gasteiger partial charge in [0.2, 0.25) is 0 Å². The van der Waals surface area contributed by atoms with Crippen molar-refractivity contribution >= 4 is 48.9 Å². The fourth-order valence-corrected chi connectivity index (χ4v) is 3.91. The van der Waals surface area contributed by atoms with Crippen molar-refractivity contribution in [3.05, 3.63) is 64.2 Å². The molecule has 0 aliphatic heterocycles. The average molecular weight is 342 g/mol. The molecule has 114 valence electrons. The Bertz CT molecular complexity index is 1080. The van der Waals surface area contributed by atoms with E-state index < -0.39 is 0 Å². The SMILES string of the molecule is CNc1cccc2sc3c(=O)n(-c4ccc(Cl)cc4)cnc3c12. The van der Waals surface area contributed by atoms with E-state index in [1.165, 1.54) is 11.3 Å². The van der Waals surface area contributed by atoms with E-state index in [9.17, 15) is 4.79 Å². The molecule has 23 heavy (non-hydrogen) atoms. The van der Waals surface area contributed by atoms with Crippen LogP contribution < -0.4 is 10.9 Å². The van der Waals surface area contributed by atoms with Crippen LogP contribution in [0.2, 0.25) is 5.02 Å². The highest BCUT2D eigenvalue weighted by Gasteiger charge is 2.14. The number of hydrogen-bond donors (Lipinski definition) is 1. The summed E-state index contributed by atoms with van der Waals surface area (Å²) in [7, 11) is 1.87. The van der Waals surface area contributed by atoms with Gasteiger partial charge in [-0.3, -0.25) is 9.36 Å². The highest BCUT2D eigenvalue weighted by Crippen LogP contribution is 2.35. The van der Waals surface area contributed by atoms with Gasteiger partial charge in [0.1, 0.15) is 11.0 Å². The standard InChI is InChI=1S/C17H12ClN3OS/c1-19-12-3-2-4-13-14(12)15-16(23-13)17(22)21(9-20-15)11-7-5-10(18)6-8-11/h2-9,19H,1H3. The minimum atomic E-state index is -0.0689. The topological polar surface area (TPSA) is 46.9 Å². The van der Waals surface area contributed by atoms with E-state index in [4.69, 9.17) is 11.6 Å². The number of benzene rings is 2. The molecule has 0 atom stereocenters. The smallest absolute Gasteiger partial charge is 0.275 e. The molecular weight excluding hydrogens is 330 g/mol. The van der Waals surface area contributed by atoms with Gasteiger partial charge in [0, 0.05) is 27.8 Å². The third-order valence-corrected chi connectivity index (χ3v) is 5.16. The second-order valence-corrected chi connectivity index (χ2v) is 6.59. The lowest BCUT2D eigenvalue weighted by atomic mass is 10.2. The molecule has 0 aliphatic carbocycles. The second-order valence-electron chi connectivity index (χ2n) is 5.10. The Morgan fingerprint density at radius 2 is 1.96 bits per heavy atom. The van der Waals surface area contributed by atoms with Crippen LogP contribution in [0.1, 0.15) is 0 Å². The molecule has 2 heterocycles. The van der Waals surface area contributed by atoms with Crippen LogP contribution in [0.25, 0.3) is 26.0 Å². The Kier molecular flexibility index (Phi) is 3.32. The number of hydrogen-bond acceptors (Lipinski definition) is 4. The van der Waals surface area contributed by atoms with Gasteiger partial charge in [-0.05, 0) is 36.4 Å². The number of thiophene rings is 1. The molecule has 2 aromatic heterocycles. The summed E-state index contributed by atoms with van der Waals surface area (Å²) >= 11 is 7.38. The van der Waals surface area contributed by atoms with E-state index in [-0.39, 0.29) is 5.56 Å². The summed E-state index contributed by atoms with van der Waals surface area (Å²) < 4.78 is 3.25. The summed E-state index contributed by atoms with van der Waals surface area (Å²) in [5.41, 5.74) is 2.40. The zero-order valence-corrected chi connectivity index (χ0v) is 13.8. The van der Waals surface area contributed by atoms with Gasteiger partial charge in [0.25, 0.3) is 5.56 Å². The largest absolute Gasteiger partial charge is 0.388 e. The molecule has 4 nitrogen and oxygen atoms in total. The van der Waals surface area contributed by atoms with E-state index in [0.717, 1.165) is 27.0 Å². The molecule has 0 amide bonds. The lowest BCUT2D eigenvalue weighted by Gasteiger charge is -2.05. The summed E-state index contributed by atoms with van der Waals surface area (Å²) in [5, 5.41) is 4.79. The van der Waals surface area contributed by atoms with Crippen molar-refractivity contribution in [2.45, 2.75) is 0 Å². The Morgan fingerprint density at radius 1 is 1.17 bits per heavy atom. The zero-order chi connectivity index (χ0) is 16.0. The van der Waals surface area contributed by atoms with Crippen LogP contribution in [-0.4, -0.2) is 16.6 Å². The number of nitrogens with one attached hydrogen (secondary N) is 1. The van der Waals surface area contributed by atoms with Crippen molar-refractivity contribution in [2.24, 2.45) is 0 Å². The van der Waals surface area contributed by atoms with E-state index in [2.05, 4.69) is 10.3 Å². The van der Waals surface area contributed by atoms with Crippen LogP contribution >= 0.6 is 22.9 Å². The number of nitrogens with zero attached hydrogens (tertiary/aromatic N) is 2. The van der Waals surface area contributed by atoms with Crippen molar-refractivity contribution in [3.63, 3.8) is 0 Å². The molecule has 0 bridgehead atoms. The fraction of sp³-hybridized carbons (Fsp3) is 0.0588. The summed E-state index contributed by atoms with van der Waals surface area (Å²) in [5.74, 6) is 0. The third kappa shape index (κ3) is 2.20. The second kappa shape index (κ2) is 5.37. The normalized spacial score (nSPS) is 11.2. The van der Waals surface area contributed by atoms with Crippen molar-refractivity contribution in [1.82, 2.24) is 9.55 Å². The van der Waals surface area contributed by atoms with E-state index >= 15 is 0 Å². The van der Waals surface area contributed by atoms with Gasteiger partial charge in [-0.15, -0.1) is 11.3 Å². The Hall–Kier alpha value is -2.37. The Labute approximate surface area is 141 Å². The molecule has 0 aliphatic rings. The third-order valence-electron chi connectivity index (χ3n) is 3.78. The van der Waals surface area contributed by atoms with Crippen LogP contribution in [0.5, 0.6) is 0 Å². The summed E-state index contributed by atoms with van der Waals surface area (Å²) in [6, 6.07) is 13.1. The predicted octanol–water partition coefficient (Wildman–Crippen LogP) is 4.30. The minimum absolute atomic E-state index is 0.0689. The molecule has 4 aromatic rings. The zero-order valence-electron chi connectivity index (χ0n) is 12.2. The Morgan fingerprint density at radius 3 is 2.70 bits per heavy atom. The van der Waals surface area contributed by atoms with Gasteiger partial charge >= 0.3 is 0 Å². The van der Waals surface area contributed by atoms with Gasteiger partial charge in [0.15, 0.2) is 0 Å². The highest BCUT2D eigenvalue weighted by molar-refractivity contribution is 7.25. The van der Waals surface area contributed by atoms with Gasteiger partial charge in [-0.2, -0.15) is 0 Å². The number of halogens is 1. The molecule has 1 N–H and O–H groups in total. The predicted molar refractivity (Wildman–Crippen MR) is 97.3 cm³/mol. The van der Waals surface area contributed by atoms with E-state index in [1.807, 2.05) is 37.4 Å². The molecule has 0 unspecified atom stereocenters. The number of anilines is 1. The first-order valence-corrected chi connectivity index (χ1v) is 8.25. The fourth-order valence-electron chi connectivity index (χ4n) is 2.67. The lowest BCUT2D eigenvalue weighted by molar-refractivity contribution is 0.968. The summed E-state index contributed by atoms with van der Waals surface area (Å²) in [6.45, 7) is 0. The van der Waals surface area contributed by atoms with Crippen molar-refractivity contribution in [3.8, 4) is 5.69 Å². The van der Waals surface area contributed by atoms with Crippen LogP contribution in [0.4, 0.5) is 5.69 Å². The maximum Gasteiger partial charge on any atom is 0.275 e. The molecule has 6 heteroatoms. The van der Waals surface area contributed by atoms with E-state index in [1.54, 1.807) is 23.0 Å². The first-order chi connectivity index (χ1) is 11.2. The van der Waals surface area contributed by atoms with Crippen LogP contribution in [0, 0.1) is 0 Å². The highest BCUT2D eigenvalue weighted by atomic mass is 35.5. The average Bonchev–Trinajstić information content (AvgIpc) is 2.96. The maximum atomic E-state index is 12.9. The molecule has 0 radical (unpaired) electrons. The molecule has 4 rings (SSSR count). The van der Waals surface area contributed by atoms with Crippen LogP contribution in [-0.2, 0) is 0 Å². The van der Waals surface area contributed by atoms with Gasteiger partial charge in [-0.1, -0.05) is 17.7 Å². The summed E-state index contributed by atoms with van der Waals surface area (Å²) in [4.78, 5) is 17.4. The van der Waals surface area contributed by atoms with Crippen molar-refractivity contribution < 1.29 is 0 Å². The van der Waals surface area contributed by atoms with E-state index in [0.29, 0.717) is 9.72 Å². The molecule has 2 aromatic carbocycles. The lowest BCUT2D eigenvalue weighted by Crippen LogP contribution is -2.17. The summed E-state index contributed by atoms with van der Waals surface area (Å²) in [6.07, 6.45) is 1.58. The minimum Gasteiger partial charge on any atom is -0.388 e. The Balaban J connectivity index is 2.04. The number of rotatable bonds is 2. The van der Waals surface area contributed by atoms with Gasteiger partial charge < -0.3 is 5.32 Å². The van der Waals surface area contributed by atoms with Crippen molar-refractivity contribution in [1.29, 1.82) is 0 Å².